The first-order valence-electron chi connectivity index (χ1n) is 6.09. The molecule has 0 bridgehead atoms. The number of aromatic nitrogens is 1. The van der Waals surface area contributed by atoms with Gasteiger partial charge in [-0.25, -0.2) is 14.6 Å². The van der Waals surface area contributed by atoms with Crippen molar-refractivity contribution in [1.29, 1.82) is 0 Å². The lowest BCUT2D eigenvalue weighted by Crippen LogP contribution is -2.01. The molecule has 6 heteroatoms. The number of ether oxygens (including phenoxy) is 1. The number of carboxylic acid groups (broad SMARTS) is 1. The summed E-state index contributed by atoms with van der Waals surface area (Å²) in [5.74, 6) is -0.736. The predicted molar refractivity (Wildman–Crippen MR) is 78.5 cm³/mol. The van der Waals surface area contributed by atoms with Gasteiger partial charge in [0.15, 0.2) is 0 Å². The summed E-state index contributed by atoms with van der Waals surface area (Å²) in [6.07, 6.45) is 1.33. The summed E-state index contributed by atoms with van der Waals surface area (Å²) in [4.78, 5) is 26.3. The number of benzene rings is 1. The van der Waals surface area contributed by atoms with E-state index in [-0.39, 0.29) is 11.5 Å². The molecule has 0 atom stereocenters. The Morgan fingerprint density at radius 3 is 2.67 bits per heavy atom. The minimum absolute atomic E-state index is 0.159. The number of hydrogen-bond donors (Lipinski definition) is 1. The van der Waals surface area contributed by atoms with Gasteiger partial charge >= 0.3 is 11.9 Å². The van der Waals surface area contributed by atoms with Crippen molar-refractivity contribution >= 4 is 23.7 Å². The molecule has 2 rings (SSSR count). The van der Waals surface area contributed by atoms with E-state index < -0.39 is 5.97 Å². The Hall–Kier alpha value is -2.34. The number of rotatable bonds is 5. The third-order valence-electron chi connectivity index (χ3n) is 2.72. The van der Waals surface area contributed by atoms with E-state index in [1.54, 1.807) is 24.3 Å². The minimum atomic E-state index is -0.996. The topological polar surface area (TPSA) is 76.5 Å². The van der Waals surface area contributed by atoms with Gasteiger partial charge in [0, 0.05) is 11.9 Å². The maximum atomic E-state index is 11.4. The SMILES string of the molecule is COC(=O)c1cccc(CSc2ccc(C(=O)O)cn2)c1. The molecule has 0 saturated carbocycles. The largest absolute Gasteiger partial charge is 0.478 e. The zero-order valence-electron chi connectivity index (χ0n) is 11.3. The number of carbonyl (C=O) groups is 2. The molecule has 0 aliphatic heterocycles. The van der Waals surface area contributed by atoms with Crippen molar-refractivity contribution < 1.29 is 19.4 Å². The summed E-state index contributed by atoms with van der Waals surface area (Å²) < 4.78 is 4.68. The minimum Gasteiger partial charge on any atom is -0.478 e. The number of methoxy groups -OCH3 is 1. The van der Waals surface area contributed by atoms with Crippen molar-refractivity contribution in [1.82, 2.24) is 4.98 Å². The Morgan fingerprint density at radius 2 is 2.05 bits per heavy atom. The number of carbonyl (C=O) groups excluding carboxylic acids is 1. The predicted octanol–water partition coefficient (Wildman–Crippen LogP) is 2.86. The molecule has 0 unspecified atom stereocenters. The molecular weight excluding hydrogens is 290 g/mol. The fourth-order valence-electron chi connectivity index (χ4n) is 1.66. The Balaban J connectivity index is 2.02. The molecule has 1 aromatic heterocycles. The first-order chi connectivity index (χ1) is 10.1. The van der Waals surface area contributed by atoms with Gasteiger partial charge in [0.2, 0.25) is 0 Å². The van der Waals surface area contributed by atoms with Gasteiger partial charge < -0.3 is 9.84 Å². The van der Waals surface area contributed by atoms with Crippen molar-refractivity contribution in [2.24, 2.45) is 0 Å². The molecule has 0 amide bonds. The van der Waals surface area contributed by atoms with Crippen molar-refractivity contribution in [3.63, 3.8) is 0 Å². The van der Waals surface area contributed by atoms with Gasteiger partial charge in [-0.15, -0.1) is 11.8 Å². The van der Waals surface area contributed by atoms with E-state index in [0.717, 1.165) is 10.6 Å². The van der Waals surface area contributed by atoms with Crippen LogP contribution in [0.5, 0.6) is 0 Å². The van der Waals surface area contributed by atoms with E-state index in [0.29, 0.717) is 11.3 Å². The fourth-order valence-corrected chi connectivity index (χ4v) is 2.44. The van der Waals surface area contributed by atoms with E-state index in [1.165, 1.54) is 31.1 Å². The maximum absolute atomic E-state index is 11.4. The average Bonchev–Trinajstić information content (AvgIpc) is 2.52. The number of thioether (sulfide) groups is 1. The summed E-state index contributed by atoms with van der Waals surface area (Å²) in [5.41, 5.74) is 1.63. The van der Waals surface area contributed by atoms with Crippen LogP contribution in [0.1, 0.15) is 26.3 Å². The van der Waals surface area contributed by atoms with Crippen molar-refractivity contribution in [2.45, 2.75) is 10.8 Å². The molecule has 21 heavy (non-hydrogen) atoms. The number of carboxylic acids is 1. The summed E-state index contributed by atoms with van der Waals surface area (Å²) in [5, 5.41) is 9.52. The first kappa shape index (κ1) is 15.1. The van der Waals surface area contributed by atoms with Crippen LogP contribution < -0.4 is 0 Å². The van der Waals surface area contributed by atoms with Crippen LogP contribution in [0.15, 0.2) is 47.6 Å². The van der Waals surface area contributed by atoms with Gasteiger partial charge in [0.25, 0.3) is 0 Å². The van der Waals surface area contributed by atoms with Crippen molar-refractivity contribution in [3.05, 3.63) is 59.3 Å². The highest BCUT2D eigenvalue weighted by molar-refractivity contribution is 7.98. The van der Waals surface area contributed by atoms with Gasteiger partial charge in [0.05, 0.1) is 23.3 Å². The van der Waals surface area contributed by atoms with Crippen LogP contribution in [0.3, 0.4) is 0 Å². The lowest BCUT2D eigenvalue weighted by molar-refractivity contribution is 0.0599. The third-order valence-corrected chi connectivity index (χ3v) is 3.73. The molecule has 0 aliphatic carbocycles. The van der Waals surface area contributed by atoms with Crippen LogP contribution in [-0.2, 0) is 10.5 Å². The van der Waals surface area contributed by atoms with Crippen LogP contribution in [0.25, 0.3) is 0 Å². The van der Waals surface area contributed by atoms with Crippen LogP contribution in [0, 0.1) is 0 Å². The molecule has 0 aliphatic rings. The molecule has 5 nitrogen and oxygen atoms in total. The first-order valence-corrected chi connectivity index (χ1v) is 7.08. The highest BCUT2D eigenvalue weighted by atomic mass is 32.2. The molecule has 2 aromatic rings. The average molecular weight is 303 g/mol. The number of esters is 1. The van der Waals surface area contributed by atoms with Gasteiger partial charge in [-0.1, -0.05) is 12.1 Å². The van der Waals surface area contributed by atoms with E-state index in [2.05, 4.69) is 9.72 Å². The van der Waals surface area contributed by atoms with Crippen LogP contribution in [0.4, 0.5) is 0 Å². The zero-order valence-corrected chi connectivity index (χ0v) is 12.1. The van der Waals surface area contributed by atoms with Crippen LogP contribution >= 0.6 is 11.8 Å². The lowest BCUT2D eigenvalue weighted by Gasteiger charge is -2.04. The summed E-state index contributed by atoms with van der Waals surface area (Å²) in [6, 6.07) is 10.3. The Bertz CT molecular complexity index is 655. The second-order valence-corrected chi connectivity index (χ2v) is 5.17. The number of hydrogen-bond acceptors (Lipinski definition) is 5. The molecule has 108 valence electrons. The second kappa shape index (κ2) is 6.90. The summed E-state index contributed by atoms with van der Waals surface area (Å²) >= 11 is 1.47. The maximum Gasteiger partial charge on any atom is 0.337 e. The molecule has 0 radical (unpaired) electrons. The Labute approximate surface area is 126 Å². The van der Waals surface area contributed by atoms with Gasteiger partial charge in [-0.2, -0.15) is 0 Å². The summed E-state index contributed by atoms with van der Waals surface area (Å²) in [6.45, 7) is 0. The Morgan fingerprint density at radius 1 is 1.24 bits per heavy atom. The molecule has 1 aromatic carbocycles. The van der Waals surface area contributed by atoms with Crippen LogP contribution in [0.2, 0.25) is 0 Å². The lowest BCUT2D eigenvalue weighted by atomic mass is 10.1. The van der Waals surface area contributed by atoms with E-state index in [1.807, 2.05) is 6.07 Å². The smallest absolute Gasteiger partial charge is 0.337 e. The fraction of sp³-hybridized carbons (Fsp3) is 0.133. The molecular formula is C15H13NO4S. The molecule has 0 fully saturated rings. The van der Waals surface area contributed by atoms with E-state index in [9.17, 15) is 9.59 Å². The normalized spacial score (nSPS) is 10.1. The van der Waals surface area contributed by atoms with Crippen LogP contribution in [-0.4, -0.2) is 29.1 Å². The molecule has 0 saturated heterocycles. The van der Waals surface area contributed by atoms with Gasteiger partial charge in [-0.3, -0.25) is 0 Å². The van der Waals surface area contributed by atoms with Crippen molar-refractivity contribution in [2.75, 3.05) is 7.11 Å². The highest BCUT2D eigenvalue weighted by Gasteiger charge is 2.07. The number of nitrogens with zero attached hydrogens (tertiary/aromatic N) is 1. The standard InChI is InChI=1S/C15H13NO4S/c1-20-15(19)11-4-2-3-10(7-11)9-21-13-6-5-12(8-16-13)14(17)18/h2-8H,9H2,1H3,(H,17,18). The van der Waals surface area contributed by atoms with Gasteiger partial charge in [-0.05, 0) is 29.8 Å². The molecule has 0 spiro atoms. The monoisotopic (exact) mass is 303 g/mol. The quantitative estimate of drug-likeness (QED) is 0.676. The zero-order chi connectivity index (χ0) is 15.2. The third kappa shape index (κ3) is 4.06. The van der Waals surface area contributed by atoms with Gasteiger partial charge in [0.1, 0.15) is 0 Å². The Kier molecular flexibility index (Phi) is 4.94. The van der Waals surface area contributed by atoms with E-state index >= 15 is 0 Å². The summed E-state index contributed by atoms with van der Waals surface area (Å²) in [7, 11) is 1.34. The number of pyridine rings is 1. The molecule has 1 N–H and O–H groups in total. The number of aromatic carboxylic acids is 1. The second-order valence-electron chi connectivity index (χ2n) is 4.17. The van der Waals surface area contributed by atoms with Crippen molar-refractivity contribution in [3.8, 4) is 0 Å². The molecule has 1 heterocycles. The highest BCUT2D eigenvalue weighted by Crippen LogP contribution is 2.21. The van der Waals surface area contributed by atoms with E-state index in [4.69, 9.17) is 5.11 Å².